The predicted molar refractivity (Wildman–Crippen MR) is 158 cm³/mol. The lowest BCUT2D eigenvalue weighted by Crippen LogP contribution is -2.35. The van der Waals surface area contributed by atoms with Crippen LogP contribution in [-0.4, -0.2) is 56.3 Å². The molecular weight excluding hydrogens is 559 g/mol. The number of pyridine rings is 1. The van der Waals surface area contributed by atoms with Crippen molar-refractivity contribution in [2.45, 2.75) is 51.0 Å². The second-order valence-corrected chi connectivity index (χ2v) is 11.2. The number of hydrogen-bond acceptors (Lipinski definition) is 6. The molecule has 0 amide bonds. The molecule has 8 nitrogen and oxygen atoms in total. The van der Waals surface area contributed by atoms with Crippen LogP contribution >= 0.6 is 11.6 Å². The van der Waals surface area contributed by atoms with E-state index in [4.69, 9.17) is 31.0 Å². The van der Waals surface area contributed by atoms with E-state index in [-0.39, 0.29) is 11.7 Å². The summed E-state index contributed by atoms with van der Waals surface area (Å²) in [6.07, 6.45) is 4.85. The molecule has 10 heteroatoms. The molecule has 2 aliphatic rings. The number of halogens is 2. The molecule has 42 heavy (non-hydrogen) atoms. The van der Waals surface area contributed by atoms with E-state index in [0.717, 1.165) is 67.1 Å². The van der Waals surface area contributed by atoms with Crippen molar-refractivity contribution in [3.05, 3.63) is 94.2 Å². The van der Waals surface area contributed by atoms with E-state index < -0.39 is 5.97 Å². The summed E-state index contributed by atoms with van der Waals surface area (Å²) >= 11 is 6.12. The highest BCUT2D eigenvalue weighted by Crippen LogP contribution is 2.30. The average molecular weight is 591 g/mol. The van der Waals surface area contributed by atoms with Gasteiger partial charge in [-0.3, -0.25) is 4.90 Å². The van der Waals surface area contributed by atoms with Crippen LogP contribution in [0.4, 0.5) is 4.39 Å². The Bertz CT molecular complexity index is 1610. The SMILES string of the molecule is O=C(O)c1ccc2nc(CN3CCC(c4cccc(OCc5ccc(Cl)c(C=CF)c5)n4)CC3)n(CC3CCO3)c2c1. The van der Waals surface area contributed by atoms with E-state index in [0.29, 0.717) is 48.4 Å². The minimum Gasteiger partial charge on any atom is -0.478 e. The van der Waals surface area contributed by atoms with Gasteiger partial charge in [0, 0.05) is 29.3 Å². The van der Waals surface area contributed by atoms with Crippen LogP contribution in [0.25, 0.3) is 17.1 Å². The van der Waals surface area contributed by atoms with Crippen LogP contribution in [0.15, 0.2) is 60.9 Å². The minimum absolute atomic E-state index is 0.134. The summed E-state index contributed by atoms with van der Waals surface area (Å²) in [7, 11) is 0. The van der Waals surface area contributed by atoms with Gasteiger partial charge in [0.25, 0.3) is 0 Å². The van der Waals surface area contributed by atoms with Gasteiger partial charge >= 0.3 is 5.97 Å². The van der Waals surface area contributed by atoms with Gasteiger partial charge in [-0.15, -0.1) is 0 Å². The lowest BCUT2D eigenvalue weighted by Gasteiger charge is -2.32. The Morgan fingerprint density at radius 1 is 1.12 bits per heavy atom. The number of aromatic nitrogens is 3. The van der Waals surface area contributed by atoms with Gasteiger partial charge in [0.1, 0.15) is 12.4 Å². The number of carboxylic acid groups (broad SMARTS) is 1. The highest BCUT2D eigenvalue weighted by Gasteiger charge is 2.26. The molecule has 4 aromatic rings. The molecule has 2 aromatic carbocycles. The number of fused-ring (bicyclic) bond motifs is 1. The van der Waals surface area contributed by atoms with Gasteiger partial charge in [-0.05, 0) is 86.0 Å². The van der Waals surface area contributed by atoms with E-state index >= 15 is 0 Å². The van der Waals surface area contributed by atoms with Crippen molar-refractivity contribution in [2.24, 2.45) is 0 Å². The molecule has 4 heterocycles. The molecule has 2 aromatic heterocycles. The molecule has 0 spiro atoms. The molecular formula is C32H32ClFN4O4. The maximum Gasteiger partial charge on any atom is 0.335 e. The number of carboxylic acids is 1. The molecule has 2 saturated heterocycles. The molecule has 1 unspecified atom stereocenters. The Labute approximate surface area is 248 Å². The van der Waals surface area contributed by atoms with Crippen LogP contribution in [0.3, 0.4) is 0 Å². The first kappa shape index (κ1) is 28.3. The van der Waals surface area contributed by atoms with Crippen LogP contribution in [0.5, 0.6) is 5.88 Å². The van der Waals surface area contributed by atoms with Crippen LogP contribution in [0.2, 0.25) is 5.02 Å². The van der Waals surface area contributed by atoms with Crippen molar-refractivity contribution in [3.8, 4) is 5.88 Å². The van der Waals surface area contributed by atoms with Crippen molar-refractivity contribution in [2.75, 3.05) is 19.7 Å². The maximum absolute atomic E-state index is 12.6. The third kappa shape index (κ3) is 6.33. The van der Waals surface area contributed by atoms with Crippen LogP contribution in [-0.2, 0) is 24.4 Å². The highest BCUT2D eigenvalue weighted by atomic mass is 35.5. The zero-order chi connectivity index (χ0) is 29.1. The second kappa shape index (κ2) is 12.6. The normalized spacial score (nSPS) is 18.0. The number of nitrogens with zero attached hydrogens (tertiary/aromatic N) is 4. The molecule has 1 atom stereocenters. The first-order valence-electron chi connectivity index (χ1n) is 14.2. The number of benzene rings is 2. The first-order chi connectivity index (χ1) is 20.5. The van der Waals surface area contributed by atoms with E-state index in [2.05, 4.69) is 15.5 Å². The molecule has 0 bridgehead atoms. The largest absolute Gasteiger partial charge is 0.478 e. The van der Waals surface area contributed by atoms with E-state index in [1.807, 2.05) is 18.2 Å². The van der Waals surface area contributed by atoms with Crippen LogP contribution in [0, 0.1) is 0 Å². The third-order valence-corrected chi connectivity index (χ3v) is 8.40. The van der Waals surface area contributed by atoms with Gasteiger partial charge in [-0.1, -0.05) is 23.7 Å². The number of rotatable bonds is 10. The van der Waals surface area contributed by atoms with Crippen molar-refractivity contribution in [3.63, 3.8) is 0 Å². The minimum atomic E-state index is -0.943. The van der Waals surface area contributed by atoms with Gasteiger partial charge < -0.3 is 19.1 Å². The summed E-state index contributed by atoms with van der Waals surface area (Å²) in [5.74, 6) is 0.866. The van der Waals surface area contributed by atoms with Gasteiger partial charge in [0.05, 0.1) is 42.1 Å². The summed E-state index contributed by atoms with van der Waals surface area (Å²) in [5, 5.41) is 9.99. The first-order valence-corrected chi connectivity index (χ1v) is 14.6. The number of imidazole rings is 1. The average Bonchev–Trinajstić information content (AvgIpc) is 3.31. The van der Waals surface area contributed by atoms with Gasteiger partial charge in [-0.25, -0.2) is 19.2 Å². The van der Waals surface area contributed by atoms with Crippen molar-refractivity contribution in [1.29, 1.82) is 0 Å². The quantitative estimate of drug-likeness (QED) is 0.226. The van der Waals surface area contributed by atoms with Crippen LogP contribution in [0.1, 0.15) is 58.2 Å². The van der Waals surface area contributed by atoms with Crippen molar-refractivity contribution in [1.82, 2.24) is 19.4 Å². The number of carbonyl (C=O) groups is 1. The zero-order valence-electron chi connectivity index (χ0n) is 23.1. The molecule has 0 aliphatic carbocycles. The molecule has 218 valence electrons. The number of piperidine rings is 1. The Balaban J connectivity index is 1.10. The predicted octanol–water partition coefficient (Wildman–Crippen LogP) is 6.47. The zero-order valence-corrected chi connectivity index (χ0v) is 23.8. The summed E-state index contributed by atoms with van der Waals surface area (Å²) in [5.41, 5.74) is 4.40. The molecule has 6 rings (SSSR count). The van der Waals surface area contributed by atoms with Gasteiger partial charge in [0.15, 0.2) is 0 Å². The molecule has 2 aliphatic heterocycles. The summed E-state index contributed by atoms with van der Waals surface area (Å²) in [6.45, 7) is 4.23. The van der Waals surface area contributed by atoms with Crippen molar-refractivity contribution < 1.29 is 23.8 Å². The third-order valence-electron chi connectivity index (χ3n) is 8.06. The van der Waals surface area contributed by atoms with E-state index in [1.165, 1.54) is 6.08 Å². The Kier molecular flexibility index (Phi) is 8.51. The molecule has 0 saturated carbocycles. The Morgan fingerprint density at radius 3 is 2.69 bits per heavy atom. The fraction of sp³-hybridized carbons (Fsp3) is 0.344. The fourth-order valence-corrected chi connectivity index (χ4v) is 5.80. The number of likely N-dealkylation sites (tertiary alicyclic amines) is 1. The number of ether oxygens (including phenoxy) is 2. The topological polar surface area (TPSA) is 89.7 Å². The van der Waals surface area contributed by atoms with E-state index in [1.54, 1.807) is 30.3 Å². The lowest BCUT2D eigenvalue weighted by atomic mass is 9.93. The molecule has 2 fully saturated rings. The standard InChI is InChI=1S/C32H32ClFN4O4/c33-26-6-4-21(16-23(26)8-12-34)20-42-31-3-1-2-27(36-31)22-9-13-37(14-10-22)19-30-35-28-7-5-24(32(39)40)17-29(28)38(30)18-25-11-15-41-25/h1-8,12,16-17,22,25H,9-11,13-15,18-20H2,(H,39,40). The second-order valence-electron chi connectivity index (χ2n) is 10.8. The van der Waals surface area contributed by atoms with Gasteiger partial charge in [0.2, 0.25) is 5.88 Å². The monoisotopic (exact) mass is 590 g/mol. The number of hydrogen-bond donors (Lipinski definition) is 1. The van der Waals surface area contributed by atoms with Gasteiger partial charge in [-0.2, -0.15) is 0 Å². The summed E-state index contributed by atoms with van der Waals surface area (Å²) < 4.78 is 26.4. The van der Waals surface area contributed by atoms with Crippen molar-refractivity contribution >= 4 is 34.7 Å². The number of aromatic carboxylic acids is 1. The lowest BCUT2D eigenvalue weighted by molar-refractivity contribution is -0.0592. The summed E-state index contributed by atoms with van der Waals surface area (Å²) in [6, 6.07) is 16.4. The maximum atomic E-state index is 12.6. The summed E-state index contributed by atoms with van der Waals surface area (Å²) in [4.78, 5) is 23.7. The molecule has 1 N–H and O–H groups in total. The fourth-order valence-electron chi connectivity index (χ4n) is 5.62. The smallest absolute Gasteiger partial charge is 0.335 e. The molecule has 0 radical (unpaired) electrons. The Hall–Kier alpha value is -3.79. The Morgan fingerprint density at radius 2 is 1.95 bits per heavy atom. The highest BCUT2D eigenvalue weighted by molar-refractivity contribution is 6.32. The van der Waals surface area contributed by atoms with Crippen LogP contribution < -0.4 is 4.74 Å². The van der Waals surface area contributed by atoms with E-state index in [9.17, 15) is 14.3 Å².